The Morgan fingerprint density at radius 2 is 2.00 bits per heavy atom. The van der Waals surface area contributed by atoms with Crippen molar-refractivity contribution in [2.75, 3.05) is 38.3 Å². The zero-order valence-electron chi connectivity index (χ0n) is 23.2. The van der Waals surface area contributed by atoms with E-state index in [0.717, 1.165) is 48.4 Å². The number of halogens is 1. The standard InChI is InChI=1S/C31H28ClN7O3/c1-30(37-29(40)27-25(32)4-3-11-34-27)9-12-38(13-10-30)26-6-5-22(16-35-26)24-14-21(7-8-31(41-2)19-42-20-31)18-39-28(24)23(15-33)17-36-39/h3-6,11,14,16-18H,9-10,12-13,19-20H2,1-2H3,(H,37,40). The number of carbonyl (C=O) groups excluding carboxylic acids is 1. The molecule has 0 radical (unpaired) electrons. The Morgan fingerprint density at radius 3 is 2.64 bits per heavy atom. The molecule has 42 heavy (non-hydrogen) atoms. The SMILES string of the molecule is COC1(C#Cc2cc(-c3ccc(N4CCC(C)(NC(=O)c5ncccc5Cl)CC4)nc3)c3c(C#N)cnn3c2)COC1. The second-order valence-corrected chi connectivity index (χ2v) is 11.2. The van der Waals surface area contributed by atoms with Crippen LogP contribution < -0.4 is 10.2 Å². The van der Waals surface area contributed by atoms with Gasteiger partial charge in [0.25, 0.3) is 5.91 Å². The Bertz CT molecular complexity index is 1750. The van der Waals surface area contributed by atoms with E-state index in [9.17, 15) is 10.1 Å². The highest BCUT2D eigenvalue weighted by atomic mass is 35.5. The summed E-state index contributed by atoms with van der Waals surface area (Å²) in [6, 6.07) is 11.5. The maximum atomic E-state index is 12.8. The molecule has 212 valence electrons. The molecule has 0 unspecified atom stereocenters. The minimum Gasteiger partial charge on any atom is -0.373 e. The fourth-order valence-corrected chi connectivity index (χ4v) is 5.39. The number of hydrogen-bond acceptors (Lipinski definition) is 8. The number of pyridine rings is 3. The van der Waals surface area contributed by atoms with Gasteiger partial charge in [0.15, 0.2) is 5.60 Å². The number of anilines is 1. The van der Waals surface area contributed by atoms with Crippen LogP contribution in [0.4, 0.5) is 5.82 Å². The van der Waals surface area contributed by atoms with Crippen LogP contribution in [0.1, 0.15) is 41.4 Å². The maximum Gasteiger partial charge on any atom is 0.271 e. The first-order valence-electron chi connectivity index (χ1n) is 13.5. The summed E-state index contributed by atoms with van der Waals surface area (Å²) in [6.45, 7) is 4.35. The Hall–Kier alpha value is -4.48. The summed E-state index contributed by atoms with van der Waals surface area (Å²) in [5.41, 5.74) is 2.82. The number of methoxy groups -OCH3 is 1. The predicted molar refractivity (Wildman–Crippen MR) is 157 cm³/mol. The smallest absolute Gasteiger partial charge is 0.271 e. The minimum absolute atomic E-state index is 0.234. The van der Waals surface area contributed by atoms with Gasteiger partial charge in [0.1, 0.15) is 17.6 Å². The third kappa shape index (κ3) is 5.28. The highest BCUT2D eigenvalue weighted by molar-refractivity contribution is 6.33. The Balaban J connectivity index is 1.20. The second kappa shape index (κ2) is 11.1. The number of piperidine rings is 1. The molecule has 6 rings (SSSR count). The van der Waals surface area contributed by atoms with Crippen molar-refractivity contribution in [1.82, 2.24) is 24.9 Å². The van der Waals surface area contributed by atoms with Crippen molar-refractivity contribution in [2.24, 2.45) is 0 Å². The Labute approximate surface area is 248 Å². The third-order valence-electron chi connectivity index (χ3n) is 7.87. The fraction of sp³-hybridized carbons (Fsp3) is 0.323. The topological polar surface area (TPSA) is 118 Å². The van der Waals surface area contributed by atoms with Crippen LogP contribution in [0, 0.1) is 23.2 Å². The van der Waals surface area contributed by atoms with E-state index in [1.165, 1.54) is 0 Å². The lowest BCUT2D eigenvalue weighted by Gasteiger charge is -2.40. The molecule has 0 aliphatic carbocycles. The van der Waals surface area contributed by atoms with Crippen LogP contribution in [-0.2, 0) is 9.47 Å². The summed E-state index contributed by atoms with van der Waals surface area (Å²) in [5.74, 6) is 6.95. The van der Waals surface area contributed by atoms with Crippen molar-refractivity contribution in [1.29, 1.82) is 5.26 Å². The van der Waals surface area contributed by atoms with Gasteiger partial charge in [0, 0.05) is 61.0 Å². The molecule has 6 heterocycles. The van der Waals surface area contributed by atoms with Gasteiger partial charge in [-0.05, 0) is 50.1 Å². The number of amides is 1. The van der Waals surface area contributed by atoms with Crippen LogP contribution in [0.5, 0.6) is 0 Å². The first-order valence-corrected chi connectivity index (χ1v) is 13.9. The van der Waals surface area contributed by atoms with Gasteiger partial charge in [-0.1, -0.05) is 23.4 Å². The van der Waals surface area contributed by atoms with E-state index in [4.69, 9.17) is 26.1 Å². The summed E-state index contributed by atoms with van der Waals surface area (Å²) in [5, 5.41) is 17.6. The van der Waals surface area contributed by atoms with E-state index in [1.807, 2.05) is 37.5 Å². The molecule has 2 aliphatic rings. The number of carbonyl (C=O) groups is 1. The molecule has 1 amide bonds. The molecule has 2 aliphatic heterocycles. The van der Waals surface area contributed by atoms with Crippen molar-refractivity contribution < 1.29 is 14.3 Å². The van der Waals surface area contributed by atoms with Gasteiger partial charge in [0.05, 0.1) is 35.5 Å². The van der Waals surface area contributed by atoms with Crippen LogP contribution in [0.3, 0.4) is 0 Å². The molecule has 0 saturated carbocycles. The molecule has 1 N–H and O–H groups in total. The van der Waals surface area contributed by atoms with Gasteiger partial charge in [0.2, 0.25) is 0 Å². The van der Waals surface area contributed by atoms with Crippen molar-refractivity contribution in [3.8, 4) is 29.0 Å². The van der Waals surface area contributed by atoms with Crippen molar-refractivity contribution in [2.45, 2.75) is 30.9 Å². The van der Waals surface area contributed by atoms with Gasteiger partial charge in [-0.15, -0.1) is 0 Å². The number of hydrogen-bond donors (Lipinski definition) is 1. The van der Waals surface area contributed by atoms with E-state index in [0.29, 0.717) is 29.3 Å². The molecule has 11 heteroatoms. The highest BCUT2D eigenvalue weighted by Crippen LogP contribution is 2.31. The first kappa shape index (κ1) is 27.7. The largest absolute Gasteiger partial charge is 0.373 e. The van der Waals surface area contributed by atoms with E-state index < -0.39 is 5.60 Å². The molecule has 0 bridgehead atoms. The van der Waals surface area contributed by atoms with Crippen LogP contribution in [-0.4, -0.2) is 70.0 Å². The summed E-state index contributed by atoms with van der Waals surface area (Å²) < 4.78 is 12.5. The average molecular weight is 582 g/mol. The zero-order valence-corrected chi connectivity index (χ0v) is 24.0. The van der Waals surface area contributed by atoms with Gasteiger partial charge < -0.3 is 19.7 Å². The lowest BCUT2D eigenvalue weighted by Crippen LogP contribution is -2.53. The molecule has 4 aromatic heterocycles. The van der Waals surface area contributed by atoms with Gasteiger partial charge in [-0.25, -0.2) is 14.5 Å². The van der Waals surface area contributed by atoms with Crippen molar-refractivity contribution in [3.05, 3.63) is 77.0 Å². The summed E-state index contributed by atoms with van der Waals surface area (Å²) >= 11 is 6.17. The van der Waals surface area contributed by atoms with Crippen molar-refractivity contribution in [3.63, 3.8) is 0 Å². The van der Waals surface area contributed by atoms with Crippen LogP contribution in [0.15, 0.2) is 55.1 Å². The maximum absolute atomic E-state index is 12.8. The van der Waals surface area contributed by atoms with E-state index in [-0.39, 0.29) is 17.1 Å². The summed E-state index contributed by atoms with van der Waals surface area (Å²) in [7, 11) is 1.63. The van der Waals surface area contributed by atoms with Gasteiger partial charge >= 0.3 is 0 Å². The molecule has 0 spiro atoms. The van der Waals surface area contributed by atoms with Crippen LogP contribution >= 0.6 is 11.6 Å². The average Bonchev–Trinajstić information content (AvgIpc) is 3.40. The Kier molecular flexibility index (Phi) is 7.29. The second-order valence-electron chi connectivity index (χ2n) is 10.8. The zero-order chi connectivity index (χ0) is 29.3. The van der Waals surface area contributed by atoms with E-state index in [1.54, 1.807) is 36.2 Å². The summed E-state index contributed by atoms with van der Waals surface area (Å²) in [4.78, 5) is 23.9. The minimum atomic E-state index is -0.598. The number of rotatable bonds is 5. The number of ether oxygens (including phenoxy) is 2. The van der Waals surface area contributed by atoms with Crippen LogP contribution in [0.25, 0.3) is 16.6 Å². The molecule has 2 fully saturated rings. The number of aromatic nitrogens is 4. The first-order chi connectivity index (χ1) is 20.3. The molecule has 2 saturated heterocycles. The van der Waals surface area contributed by atoms with Crippen LogP contribution in [0.2, 0.25) is 5.02 Å². The lowest BCUT2D eigenvalue weighted by atomic mass is 9.89. The highest BCUT2D eigenvalue weighted by Gasteiger charge is 2.37. The quantitative estimate of drug-likeness (QED) is 0.353. The monoisotopic (exact) mass is 581 g/mol. The van der Waals surface area contributed by atoms with Gasteiger partial charge in [-0.3, -0.25) is 4.79 Å². The number of nitrogens with zero attached hydrogens (tertiary/aromatic N) is 6. The van der Waals surface area contributed by atoms with Gasteiger partial charge in [-0.2, -0.15) is 10.4 Å². The molecule has 0 aromatic carbocycles. The lowest BCUT2D eigenvalue weighted by molar-refractivity contribution is -0.159. The Morgan fingerprint density at radius 1 is 1.19 bits per heavy atom. The molecular formula is C31H28ClN7O3. The van der Waals surface area contributed by atoms with Crippen molar-refractivity contribution >= 4 is 28.8 Å². The van der Waals surface area contributed by atoms with E-state index in [2.05, 4.69) is 38.2 Å². The number of nitriles is 1. The molecular weight excluding hydrogens is 554 g/mol. The fourth-order valence-electron chi connectivity index (χ4n) is 5.18. The molecule has 10 nitrogen and oxygen atoms in total. The predicted octanol–water partition coefficient (Wildman–Crippen LogP) is 3.87. The van der Waals surface area contributed by atoms with E-state index >= 15 is 0 Å². The number of fused-ring (bicyclic) bond motifs is 1. The number of nitrogens with one attached hydrogen (secondary N) is 1. The molecule has 4 aromatic rings. The normalized spacial score (nSPS) is 17.0. The third-order valence-corrected chi connectivity index (χ3v) is 8.17. The summed E-state index contributed by atoms with van der Waals surface area (Å²) in [6.07, 6.45) is 8.21. The molecule has 0 atom stereocenters.